The number of aryl methyl sites for hydroxylation is 1. The summed E-state index contributed by atoms with van der Waals surface area (Å²) in [4.78, 5) is 33.5. The van der Waals surface area contributed by atoms with Crippen molar-refractivity contribution in [2.75, 3.05) is 26.2 Å². The van der Waals surface area contributed by atoms with Gasteiger partial charge in [0, 0.05) is 49.7 Å². The number of hydrogen-bond acceptors (Lipinski definition) is 4. The highest BCUT2D eigenvalue weighted by Gasteiger charge is 2.31. The van der Waals surface area contributed by atoms with Crippen LogP contribution in [-0.4, -0.2) is 62.7 Å². The van der Waals surface area contributed by atoms with Crippen molar-refractivity contribution in [1.82, 2.24) is 24.6 Å². The Balaban J connectivity index is 1.46. The van der Waals surface area contributed by atoms with Gasteiger partial charge in [-0.3, -0.25) is 19.6 Å². The molecule has 0 spiro atoms. The number of carbonyl (C=O) groups is 1. The molecule has 7 nitrogen and oxygen atoms in total. The summed E-state index contributed by atoms with van der Waals surface area (Å²) in [5, 5.41) is 3.24. The molecule has 0 radical (unpaired) electrons. The van der Waals surface area contributed by atoms with Crippen LogP contribution in [0.25, 0.3) is 5.82 Å². The third-order valence-corrected chi connectivity index (χ3v) is 5.57. The number of nitrogens with zero attached hydrogens (tertiary/aromatic N) is 4. The van der Waals surface area contributed by atoms with Gasteiger partial charge in [-0.2, -0.15) is 0 Å². The second kappa shape index (κ2) is 7.52. The fourth-order valence-electron chi connectivity index (χ4n) is 4.10. The van der Waals surface area contributed by atoms with E-state index >= 15 is 0 Å². The number of aromatic amines is 1. The first-order valence-corrected chi connectivity index (χ1v) is 9.57. The van der Waals surface area contributed by atoms with E-state index < -0.39 is 0 Å². The molecular formula is C20H25N5O2. The summed E-state index contributed by atoms with van der Waals surface area (Å²) < 4.78 is 1.56. The number of amides is 1. The summed E-state index contributed by atoms with van der Waals surface area (Å²) in [6, 6.07) is 5.92. The van der Waals surface area contributed by atoms with Gasteiger partial charge in [0.25, 0.3) is 5.56 Å². The second-order valence-corrected chi connectivity index (χ2v) is 7.16. The highest BCUT2D eigenvalue weighted by atomic mass is 16.2. The minimum absolute atomic E-state index is 0.00953. The fraction of sp³-hybridized carbons (Fsp3) is 0.450. The Hall–Kier alpha value is -2.67. The van der Waals surface area contributed by atoms with Crippen molar-refractivity contribution in [2.45, 2.75) is 32.2 Å². The zero-order valence-corrected chi connectivity index (χ0v) is 15.6. The van der Waals surface area contributed by atoms with Gasteiger partial charge in [0.2, 0.25) is 5.91 Å². The van der Waals surface area contributed by atoms with Gasteiger partial charge in [-0.25, -0.2) is 9.67 Å². The maximum absolute atomic E-state index is 12.9. The maximum atomic E-state index is 12.9. The standard InChI is InChI=1S/C20H25N5O2/c1-2-5-19(26)24-12-10-23(11-13-24)15-7-8-17-16(14-15)20(27)25(22-17)18-6-3-4-9-21-18/h2-6,9,15,22H,7-8,10-14H2,1H3. The first-order valence-electron chi connectivity index (χ1n) is 9.57. The third-order valence-electron chi connectivity index (χ3n) is 5.57. The molecule has 1 aliphatic heterocycles. The highest BCUT2D eigenvalue weighted by molar-refractivity contribution is 5.87. The van der Waals surface area contributed by atoms with Crippen LogP contribution < -0.4 is 5.56 Å². The van der Waals surface area contributed by atoms with Crippen LogP contribution in [0.5, 0.6) is 0 Å². The Kier molecular flexibility index (Phi) is 4.94. The van der Waals surface area contributed by atoms with Crippen molar-refractivity contribution >= 4 is 5.91 Å². The molecule has 1 aliphatic carbocycles. The lowest BCUT2D eigenvalue weighted by atomic mass is 9.92. The van der Waals surface area contributed by atoms with E-state index in [0.717, 1.165) is 56.7 Å². The molecule has 2 aromatic rings. The van der Waals surface area contributed by atoms with Gasteiger partial charge < -0.3 is 4.90 Å². The van der Waals surface area contributed by atoms with E-state index in [1.165, 1.54) is 0 Å². The quantitative estimate of drug-likeness (QED) is 0.826. The molecule has 2 aromatic heterocycles. The van der Waals surface area contributed by atoms with Gasteiger partial charge in [0.05, 0.1) is 0 Å². The zero-order chi connectivity index (χ0) is 18.8. The third kappa shape index (κ3) is 3.47. The Labute approximate surface area is 158 Å². The van der Waals surface area contributed by atoms with Gasteiger partial charge in [0.1, 0.15) is 0 Å². The van der Waals surface area contributed by atoms with E-state index in [-0.39, 0.29) is 11.5 Å². The van der Waals surface area contributed by atoms with Gasteiger partial charge >= 0.3 is 0 Å². The van der Waals surface area contributed by atoms with E-state index in [2.05, 4.69) is 15.0 Å². The van der Waals surface area contributed by atoms with Crippen molar-refractivity contribution in [2.24, 2.45) is 0 Å². The molecule has 1 atom stereocenters. The van der Waals surface area contributed by atoms with Crippen LogP contribution in [0.2, 0.25) is 0 Å². The van der Waals surface area contributed by atoms with E-state index in [0.29, 0.717) is 11.9 Å². The van der Waals surface area contributed by atoms with Crippen LogP contribution in [0.15, 0.2) is 41.3 Å². The van der Waals surface area contributed by atoms with E-state index in [9.17, 15) is 9.59 Å². The Morgan fingerprint density at radius 1 is 1.26 bits per heavy atom. The number of hydrogen-bond donors (Lipinski definition) is 1. The molecule has 0 aromatic carbocycles. The summed E-state index contributed by atoms with van der Waals surface area (Å²) in [6.07, 6.45) is 7.76. The molecule has 2 aliphatic rings. The lowest BCUT2D eigenvalue weighted by Gasteiger charge is -2.40. The van der Waals surface area contributed by atoms with Crippen LogP contribution in [0, 0.1) is 0 Å². The van der Waals surface area contributed by atoms with E-state index in [4.69, 9.17) is 0 Å². The number of rotatable bonds is 3. The molecule has 3 heterocycles. The van der Waals surface area contributed by atoms with Crippen LogP contribution in [0.4, 0.5) is 0 Å². The smallest absolute Gasteiger partial charge is 0.276 e. The summed E-state index contributed by atoms with van der Waals surface area (Å²) >= 11 is 0. The van der Waals surface area contributed by atoms with Crippen molar-refractivity contribution in [3.8, 4) is 5.82 Å². The van der Waals surface area contributed by atoms with Gasteiger partial charge in [0.15, 0.2) is 5.82 Å². The van der Waals surface area contributed by atoms with Crippen molar-refractivity contribution in [3.63, 3.8) is 0 Å². The topological polar surface area (TPSA) is 74.2 Å². The predicted octanol–water partition coefficient (Wildman–Crippen LogP) is 1.14. The number of aromatic nitrogens is 3. The van der Waals surface area contributed by atoms with Gasteiger partial charge in [-0.1, -0.05) is 12.1 Å². The molecule has 142 valence electrons. The lowest BCUT2D eigenvalue weighted by molar-refractivity contribution is -0.128. The summed E-state index contributed by atoms with van der Waals surface area (Å²) in [6.45, 7) is 5.09. The van der Waals surface area contributed by atoms with Gasteiger partial charge in [-0.15, -0.1) is 0 Å². The zero-order valence-electron chi connectivity index (χ0n) is 15.6. The summed E-state index contributed by atoms with van der Waals surface area (Å²) in [7, 11) is 0. The van der Waals surface area contributed by atoms with E-state index in [1.54, 1.807) is 23.0 Å². The number of pyridine rings is 1. The van der Waals surface area contributed by atoms with Crippen molar-refractivity contribution < 1.29 is 4.79 Å². The highest BCUT2D eigenvalue weighted by Crippen LogP contribution is 2.23. The van der Waals surface area contributed by atoms with Crippen LogP contribution in [0.1, 0.15) is 24.6 Å². The SMILES string of the molecule is CC=CC(=O)N1CCN(C2CCc3[nH]n(-c4ccccn4)c(=O)c3C2)CC1. The Bertz CT molecular complexity index is 891. The second-order valence-electron chi connectivity index (χ2n) is 7.16. The molecule has 0 saturated carbocycles. The van der Waals surface area contributed by atoms with Crippen LogP contribution in [0.3, 0.4) is 0 Å². The summed E-state index contributed by atoms with van der Waals surface area (Å²) in [5.74, 6) is 0.719. The monoisotopic (exact) mass is 367 g/mol. The molecule has 1 amide bonds. The van der Waals surface area contributed by atoms with Crippen LogP contribution in [-0.2, 0) is 17.6 Å². The predicted molar refractivity (Wildman–Crippen MR) is 103 cm³/mol. The number of nitrogens with one attached hydrogen (secondary N) is 1. The fourth-order valence-corrected chi connectivity index (χ4v) is 4.10. The number of fused-ring (bicyclic) bond motifs is 1. The lowest BCUT2D eigenvalue weighted by Crippen LogP contribution is -2.53. The Morgan fingerprint density at radius 2 is 2.07 bits per heavy atom. The molecule has 0 bridgehead atoms. The molecule has 1 unspecified atom stereocenters. The maximum Gasteiger partial charge on any atom is 0.276 e. The number of allylic oxidation sites excluding steroid dienone is 1. The Morgan fingerprint density at radius 3 is 2.78 bits per heavy atom. The minimum Gasteiger partial charge on any atom is -0.337 e. The normalized spacial score (nSPS) is 20.8. The van der Waals surface area contributed by atoms with Gasteiger partial charge in [-0.05, 0) is 44.4 Å². The average molecular weight is 367 g/mol. The van der Waals surface area contributed by atoms with Crippen molar-refractivity contribution in [1.29, 1.82) is 0 Å². The first-order chi connectivity index (χ1) is 13.2. The number of carbonyl (C=O) groups excluding carboxylic acids is 1. The first kappa shape index (κ1) is 17.7. The van der Waals surface area contributed by atoms with Crippen LogP contribution >= 0.6 is 0 Å². The summed E-state index contributed by atoms with van der Waals surface area (Å²) in [5.41, 5.74) is 1.92. The largest absolute Gasteiger partial charge is 0.337 e. The number of piperazine rings is 1. The van der Waals surface area contributed by atoms with Crippen molar-refractivity contribution in [3.05, 3.63) is 58.2 Å². The minimum atomic E-state index is 0.00953. The molecule has 1 N–H and O–H groups in total. The molecule has 7 heteroatoms. The van der Waals surface area contributed by atoms with E-state index in [1.807, 2.05) is 30.0 Å². The average Bonchev–Trinajstić information content (AvgIpc) is 3.05. The molecule has 1 fully saturated rings. The number of H-pyrrole nitrogens is 1. The molecule has 1 saturated heterocycles. The molecular weight excluding hydrogens is 342 g/mol. The molecule has 4 rings (SSSR count). The molecule has 27 heavy (non-hydrogen) atoms.